The van der Waals surface area contributed by atoms with Crippen molar-refractivity contribution in [1.82, 2.24) is 4.57 Å². The highest BCUT2D eigenvalue weighted by atomic mass is 16.5. The summed E-state index contributed by atoms with van der Waals surface area (Å²) in [5.74, 6) is 0.801. The second-order valence-corrected chi connectivity index (χ2v) is 8.12. The van der Waals surface area contributed by atoms with Crippen LogP contribution in [0, 0.1) is 18.3 Å². The van der Waals surface area contributed by atoms with Crippen LogP contribution < -0.4 is 30.4 Å². The van der Waals surface area contributed by atoms with Crippen LogP contribution in [0.5, 0.6) is 17.2 Å². The molecule has 0 aliphatic carbocycles. The van der Waals surface area contributed by atoms with E-state index in [0.717, 1.165) is 31.7 Å². The molecule has 0 saturated carbocycles. The largest absolute Gasteiger partial charge is 0.493 e. The van der Waals surface area contributed by atoms with Gasteiger partial charge in [0.25, 0.3) is 5.56 Å². The number of aryl methyl sites for hydroxylation is 1. The summed E-state index contributed by atoms with van der Waals surface area (Å²) in [5.41, 5.74) is 8.06. The number of methoxy groups -OCH3 is 2. The number of quaternary nitrogens is 1. The number of rotatable bonds is 9. The third kappa shape index (κ3) is 4.69. The number of benzene rings is 1. The molecule has 1 atom stereocenters. The fourth-order valence-corrected chi connectivity index (χ4v) is 4.42. The number of aromatic nitrogens is 1. The molecule has 3 rings (SSSR count). The molecule has 8 nitrogen and oxygen atoms in total. The maximum Gasteiger partial charge on any atom is 0.258 e. The predicted molar refractivity (Wildman–Crippen MR) is 126 cm³/mol. The number of nitriles is 1. The van der Waals surface area contributed by atoms with E-state index in [9.17, 15) is 10.1 Å². The summed E-state index contributed by atoms with van der Waals surface area (Å²) in [5, 5.41) is 9.88. The Morgan fingerprint density at radius 3 is 2.48 bits per heavy atom. The number of ether oxygens (including phenoxy) is 3. The molecule has 33 heavy (non-hydrogen) atoms. The van der Waals surface area contributed by atoms with Crippen molar-refractivity contribution in [2.45, 2.75) is 39.7 Å². The van der Waals surface area contributed by atoms with E-state index in [2.05, 4.69) is 19.9 Å². The second kappa shape index (κ2) is 10.5. The van der Waals surface area contributed by atoms with Crippen LogP contribution in [-0.4, -0.2) is 38.4 Å². The Morgan fingerprint density at radius 1 is 1.18 bits per heavy atom. The van der Waals surface area contributed by atoms with Crippen molar-refractivity contribution < 1.29 is 19.1 Å². The fourth-order valence-electron chi connectivity index (χ4n) is 4.42. The van der Waals surface area contributed by atoms with Crippen LogP contribution in [0.15, 0.2) is 40.5 Å². The molecule has 0 bridgehead atoms. The molecule has 0 fully saturated rings. The van der Waals surface area contributed by atoms with Crippen LogP contribution in [0.2, 0.25) is 0 Å². The summed E-state index contributed by atoms with van der Waals surface area (Å²) in [6.45, 7) is 9.92. The Balaban J connectivity index is 2.11. The Morgan fingerprint density at radius 2 is 1.88 bits per heavy atom. The lowest BCUT2D eigenvalue weighted by molar-refractivity contribution is -0.896. The first-order valence-electron chi connectivity index (χ1n) is 11.3. The van der Waals surface area contributed by atoms with Gasteiger partial charge in [0.15, 0.2) is 11.5 Å². The normalized spacial score (nSPS) is 15.1. The lowest BCUT2D eigenvalue weighted by atomic mass is 9.84. The molecule has 1 aromatic carbocycles. The van der Waals surface area contributed by atoms with Gasteiger partial charge in [0.1, 0.15) is 17.4 Å². The molecular weight excluding hydrogens is 420 g/mol. The van der Waals surface area contributed by atoms with E-state index in [1.165, 1.54) is 4.90 Å². The van der Waals surface area contributed by atoms with Gasteiger partial charge in [0.2, 0.25) is 5.88 Å². The Kier molecular flexibility index (Phi) is 7.67. The van der Waals surface area contributed by atoms with Crippen LogP contribution in [0.4, 0.5) is 0 Å². The lowest BCUT2D eigenvalue weighted by Gasteiger charge is -2.28. The van der Waals surface area contributed by atoms with Gasteiger partial charge in [-0.2, -0.15) is 5.26 Å². The number of nitrogens with two attached hydrogens (primary N) is 1. The second-order valence-electron chi connectivity index (χ2n) is 8.12. The van der Waals surface area contributed by atoms with E-state index in [1.807, 2.05) is 19.1 Å². The first kappa shape index (κ1) is 24.2. The summed E-state index contributed by atoms with van der Waals surface area (Å²) >= 11 is 0. The van der Waals surface area contributed by atoms with E-state index in [1.54, 1.807) is 30.9 Å². The zero-order valence-corrected chi connectivity index (χ0v) is 20.0. The number of fused-ring (bicyclic) bond motifs is 1. The minimum absolute atomic E-state index is 0.00599. The van der Waals surface area contributed by atoms with E-state index < -0.39 is 5.92 Å². The average Bonchev–Trinajstić information content (AvgIpc) is 2.82. The van der Waals surface area contributed by atoms with Crippen LogP contribution in [0.1, 0.15) is 43.0 Å². The van der Waals surface area contributed by atoms with Gasteiger partial charge in [-0.25, -0.2) is 0 Å². The molecular formula is C25H33N4O4+. The highest BCUT2D eigenvalue weighted by Gasteiger charge is 2.34. The molecule has 8 heteroatoms. The summed E-state index contributed by atoms with van der Waals surface area (Å²) in [4.78, 5) is 15.2. The quantitative estimate of drug-likeness (QED) is 0.599. The van der Waals surface area contributed by atoms with Gasteiger partial charge in [-0.15, -0.1) is 0 Å². The minimum atomic E-state index is -0.661. The van der Waals surface area contributed by atoms with Gasteiger partial charge in [0, 0.05) is 24.7 Å². The average molecular weight is 454 g/mol. The van der Waals surface area contributed by atoms with Crippen LogP contribution in [-0.2, 0) is 6.54 Å². The van der Waals surface area contributed by atoms with Crippen molar-refractivity contribution in [2.24, 2.45) is 5.73 Å². The van der Waals surface area contributed by atoms with Crippen LogP contribution >= 0.6 is 0 Å². The van der Waals surface area contributed by atoms with E-state index in [-0.39, 0.29) is 17.0 Å². The third-order valence-corrected chi connectivity index (χ3v) is 6.34. The van der Waals surface area contributed by atoms with E-state index >= 15 is 0 Å². The first-order valence-corrected chi connectivity index (χ1v) is 11.3. The molecule has 1 aromatic heterocycles. The summed E-state index contributed by atoms with van der Waals surface area (Å²) in [6.07, 6.45) is 0.877. The van der Waals surface area contributed by atoms with E-state index in [0.29, 0.717) is 34.9 Å². The Hall–Kier alpha value is -3.44. The molecule has 1 aliphatic rings. The molecule has 3 N–H and O–H groups in total. The van der Waals surface area contributed by atoms with Crippen molar-refractivity contribution in [3.63, 3.8) is 0 Å². The molecule has 0 unspecified atom stereocenters. The predicted octanol–water partition coefficient (Wildman–Crippen LogP) is 1.71. The Bertz CT molecular complexity index is 1140. The van der Waals surface area contributed by atoms with Crippen molar-refractivity contribution in [3.05, 3.63) is 62.9 Å². The molecule has 0 spiro atoms. The SMILES string of the molecule is CC[NH+](CC)CCCn1c(C)cc2c(c1=O)[C@@H](c1ccc(OC)c(OC)c1)C(C#N)=C(N)O2. The van der Waals surface area contributed by atoms with Gasteiger partial charge in [-0.05, 0) is 38.5 Å². The summed E-state index contributed by atoms with van der Waals surface area (Å²) in [7, 11) is 3.10. The number of pyridine rings is 1. The fraction of sp³-hybridized carbons (Fsp3) is 0.440. The maximum absolute atomic E-state index is 13.7. The van der Waals surface area contributed by atoms with Crippen molar-refractivity contribution in [3.8, 4) is 23.3 Å². The Labute approximate surface area is 194 Å². The molecule has 2 aromatic rings. The van der Waals surface area contributed by atoms with Crippen molar-refractivity contribution in [1.29, 1.82) is 5.26 Å². The number of hydrogen-bond acceptors (Lipinski definition) is 6. The first-order chi connectivity index (χ1) is 15.9. The summed E-state index contributed by atoms with van der Waals surface area (Å²) in [6, 6.07) is 9.33. The minimum Gasteiger partial charge on any atom is -0.493 e. The lowest BCUT2D eigenvalue weighted by Crippen LogP contribution is -3.11. The highest BCUT2D eigenvalue weighted by molar-refractivity contribution is 5.57. The molecule has 0 saturated heterocycles. The van der Waals surface area contributed by atoms with Crippen molar-refractivity contribution in [2.75, 3.05) is 33.9 Å². The van der Waals surface area contributed by atoms with Crippen LogP contribution in [0.3, 0.4) is 0 Å². The van der Waals surface area contributed by atoms with Gasteiger partial charge in [-0.1, -0.05) is 6.07 Å². The van der Waals surface area contributed by atoms with Crippen LogP contribution in [0.25, 0.3) is 0 Å². The highest BCUT2D eigenvalue weighted by Crippen LogP contribution is 2.42. The summed E-state index contributed by atoms with van der Waals surface area (Å²) < 4.78 is 18.3. The topological polar surface area (TPSA) is 104 Å². The zero-order chi connectivity index (χ0) is 24.1. The number of nitrogens with zero attached hydrogens (tertiary/aromatic N) is 2. The zero-order valence-electron chi connectivity index (χ0n) is 20.0. The standard InChI is InChI=1S/C25H32N4O4/c1-6-28(7-2)11-8-12-29-16(3)13-21-23(25(29)30)22(18(15-26)24(27)33-21)17-9-10-19(31-4)20(14-17)32-5/h9-10,13-14,22H,6-8,11-12,27H2,1-5H3/p+1/t22-/m0/s1. The molecule has 0 amide bonds. The van der Waals surface area contributed by atoms with Gasteiger partial charge in [-0.3, -0.25) is 4.79 Å². The molecule has 176 valence electrons. The number of allylic oxidation sites excluding steroid dienone is 1. The van der Waals surface area contributed by atoms with E-state index in [4.69, 9.17) is 19.9 Å². The molecule has 0 radical (unpaired) electrons. The number of hydrogen-bond donors (Lipinski definition) is 2. The molecule has 2 heterocycles. The number of nitrogens with one attached hydrogen (secondary N) is 1. The van der Waals surface area contributed by atoms with Crippen molar-refractivity contribution >= 4 is 0 Å². The third-order valence-electron chi connectivity index (χ3n) is 6.34. The molecule has 1 aliphatic heterocycles. The monoisotopic (exact) mass is 453 g/mol. The maximum atomic E-state index is 13.7. The van der Waals surface area contributed by atoms with Gasteiger partial charge in [0.05, 0.1) is 45.3 Å². The van der Waals surface area contributed by atoms with Gasteiger partial charge < -0.3 is 29.4 Å². The van der Waals surface area contributed by atoms with Gasteiger partial charge >= 0.3 is 0 Å². The smallest absolute Gasteiger partial charge is 0.258 e.